The molecule has 94 valence electrons. The first-order valence-electron chi connectivity index (χ1n) is 5.61. The minimum absolute atomic E-state index is 0.0224. The van der Waals surface area contributed by atoms with Crippen molar-refractivity contribution in [3.8, 4) is 0 Å². The van der Waals surface area contributed by atoms with Gasteiger partial charge in [0.05, 0.1) is 0 Å². The molecular formula is C11H25FIN2-. The molecule has 2 unspecified atom stereocenters. The molecule has 0 fully saturated rings. The van der Waals surface area contributed by atoms with Crippen LogP contribution in [0.25, 0.3) is 0 Å². The van der Waals surface area contributed by atoms with Gasteiger partial charge in [0.2, 0.25) is 0 Å². The summed E-state index contributed by atoms with van der Waals surface area (Å²) in [4.78, 5) is 2.20. The van der Waals surface area contributed by atoms with Crippen LogP contribution in [0.3, 0.4) is 0 Å². The van der Waals surface area contributed by atoms with E-state index < -0.39 is 12.2 Å². The Hall–Kier alpha value is 0.580. The van der Waals surface area contributed by atoms with Crippen LogP contribution in [-0.2, 0) is 0 Å². The maximum atomic E-state index is 13.2. The molecule has 0 spiro atoms. The number of rotatable bonds is 8. The monoisotopic (exact) mass is 331 g/mol. The second kappa shape index (κ2) is 7.01. The Morgan fingerprint density at radius 2 is 1.93 bits per heavy atom. The molecule has 0 saturated carbocycles. The Morgan fingerprint density at radius 3 is 2.20 bits per heavy atom. The molecule has 0 heterocycles. The number of halogens is 2. The first kappa shape index (κ1) is 15.6. The van der Waals surface area contributed by atoms with Gasteiger partial charge < -0.3 is 0 Å². The molecule has 2 atom stereocenters. The van der Waals surface area contributed by atoms with Crippen LogP contribution < -0.4 is 32.7 Å². The fourth-order valence-corrected chi connectivity index (χ4v) is 5.13. The summed E-state index contributed by atoms with van der Waals surface area (Å²) in [6.45, 7) is 4.04. The fourth-order valence-electron chi connectivity index (χ4n) is 2.01. The van der Waals surface area contributed by atoms with E-state index in [2.05, 4.69) is 18.8 Å². The summed E-state index contributed by atoms with van der Waals surface area (Å²) in [6, 6.07) is 0. The zero-order valence-electron chi connectivity index (χ0n) is 10.2. The summed E-state index contributed by atoms with van der Waals surface area (Å²) in [6.07, 6.45) is 4.24. The van der Waals surface area contributed by atoms with E-state index in [0.29, 0.717) is 0 Å². The number of alkyl halides is 3. The molecule has 2 nitrogen and oxygen atoms in total. The van der Waals surface area contributed by atoms with Crippen LogP contribution in [0.1, 0.15) is 39.5 Å². The van der Waals surface area contributed by atoms with Gasteiger partial charge in [-0.15, -0.1) is 0 Å². The predicted octanol–water partition coefficient (Wildman–Crippen LogP) is -1.33. The summed E-state index contributed by atoms with van der Waals surface area (Å²) in [5.74, 6) is 0. The molecule has 0 aromatic heterocycles. The van der Waals surface area contributed by atoms with Crippen LogP contribution in [0.4, 0.5) is 4.39 Å². The Balaban J connectivity index is 4.87. The second-order valence-corrected chi connectivity index (χ2v) is 7.25. The molecule has 0 aliphatic rings. The Labute approximate surface area is 104 Å². The molecule has 4 N–H and O–H groups in total. The van der Waals surface area contributed by atoms with Gasteiger partial charge in [0, 0.05) is 0 Å². The van der Waals surface area contributed by atoms with Crippen molar-refractivity contribution in [2.75, 3.05) is 18.1 Å². The van der Waals surface area contributed by atoms with Crippen molar-refractivity contribution in [2.24, 2.45) is 11.5 Å². The van der Waals surface area contributed by atoms with Crippen LogP contribution in [0.2, 0.25) is 0 Å². The summed E-state index contributed by atoms with van der Waals surface area (Å²) < 4.78 is 13.1. The van der Waals surface area contributed by atoms with E-state index in [1.807, 2.05) is 0 Å². The molecule has 0 aliphatic carbocycles. The molecule has 4 heteroatoms. The first-order valence-corrected chi connectivity index (χ1v) is 8.85. The van der Waals surface area contributed by atoms with Crippen LogP contribution in [0.15, 0.2) is 0 Å². The van der Waals surface area contributed by atoms with E-state index in [4.69, 9.17) is 11.5 Å². The molecule has 0 aromatic rings. The zero-order chi connectivity index (χ0) is 11.9. The predicted molar refractivity (Wildman–Crippen MR) is 60.4 cm³/mol. The molecule has 0 aliphatic heterocycles. The van der Waals surface area contributed by atoms with Crippen LogP contribution in [-0.4, -0.2) is 27.1 Å². The van der Waals surface area contributed by atoms with Gasteiger partial charge in [-0.1, -0.05) is 0 Å². The van der Waals surface area contributed by atoms with Crippen molar-refractivity contribution in [2.45, 2.75) is 48.5 Å². The van der Waals surface area contributed by atoms with E-state index >= 15 is 0 Å². The summed E-state index contributed by atoms with van der Waals surface area (Å²) in [7, 11) is 0. The molecule has 0 aromatic carbocycles. The number of nitrogens with two attached hydrogens (primary N) is 2. The Bertz CT molecular complexity index is 168. The van der Waals surface area contributed by atoms with Gasteiger partial charge in [-0.05, 0) is 0 Å². The van der Waals surface area contributed by atoms with Gasteiger partial charge in [0.15, 0.2) is 0 Å². The van der Waals surface area contributed by atoms with Crippen molar-refractivity contribution >= 4 is 0 Å². The SMILES string of the molecule is CCCCC(CC)([I-]C)C(N)(CN)CF. The van der Waals surface area contributed by atoms with E-state index in [1.165, 1.54) is 0 Å². The Kier molecular flexibility index (Phi) is 7.28. The molecule has 0 radical (unpaired) electrons. The summed E-state index contributed by atoms with van der Waals surface area (Å²) >= 11 is -0.105. The van der Waals surface area contributed by atoms with Gasteiger partial charge in [-0.3, -0.25) is 0 Å². The van der Waals surface area contributed by atoms with E-state index in [1.54, 1.807) is 0 Å². The summed E-state index contributed by atoms with van der Waals surface area (Å²) in [5, 5.41) is 0. The van der Waals surface area contributed by atoms with Gasteiger partial charge in [-0.2, -0.15) is 0 Å². The van der Waals surface area contributed by atoms with Crippen LogP contribution in [0.5, 0.6) is 0 Å². The van der Waals surface area contributed by atoms with E-state index in [9.17, 15) is 4.39 Å². The molecular weight excluding hydrogens is 306 g/mol. The van der Waals surface area contributed by atoms with Crippen LogP contribution in [0, 0.1) is 0 Å². The van der Waals surface area contributed by atoms with Crippen molar-refractivity contribution in [3.63, 3.8) is 0 Å². The topological polar surface area (TPSA) is 52.0 Å². The average Bonchev–Trinajstić information content (AvgIpc) is 2.30. The number of hydrogen-bond acceptors (Lipinski definition) is 2. The molecule has 15 heavy (non-hydrogen) atoms. The fraction of sp³-hybridized carbons (Fsp3) is 1.00. The minimum atomic E-state index is -0.793. The first-order chi connectivity index (χ1) is 7.05. The van der Waals surface area contributed by atoms with Crippen molar-refractivity contribution in [1.29, 1.82) is 0 Å². The standard InChI is InChI=1S/C11H25FIN2/c1-4-6-7-10(5-2,13-3)11(15,8-12)9-14/h4-9,14-15H2,1-3H3/q-1. The summed E-state index contributed by atoms with van der Waals surface area (Å²) in [5.41, 5.74) is 11.1. The third kappa shape index (κ3) is 3.27. The van der Waals surface area contributed by atoms with E-state index in [-0.39, 0.29) is 31.2 Å². The number of hydrogen-bond donors (Lipinski definition) is 2. The van der Waals surface area contributed by atoms with Crippen LogP contribution >= 0.6 is 0 Å². The Morgan fingerprint density at radius 1 is 1.33 bits per heavy atom. The third-order valence-corrected chi connectivity index (χ3v) is 7.79. The van der Waals surface area contributed by atoms with Crippen molar-refractivity contribution in [3.05, 3.63) is 0 Å². The average molecular weight is 331 g/mol. The van der Waals surface area contributed by atoms with Crippen molar-refractivity contribution < 1.29 is 25.6 Å². The second-order valence-electron chi connectivity index (χ2n) is 4.11. The van der Waals surface area contributed by atoms with Gasteiger partial charge >= 0.3 is 104 Å². The third-order valence-electron chi connectivity index (χ3n) is 3.34. The van der Waals surface area contributed by atoms with E-state index in [0.717, 1.165) is 25.7 Å². The molecule has 0 saturated heterocycles. The molecule has 0 amide bonds. The zero-order valence-corrected chi connectivity index (χ0v) is 12.3. The van der Waals surface area contributed by atoms with Gasteiger partial charge in [0.25, 0.3) is 0 Å². The van der Waals surface area contributed by atoms with Crippen molar-refractivity contribution in [1.82, 2.24) is 0 Å². The maximum absolute atomic E-state index is 13.2. The van der Waals surface area contributed by atoms with Gasteiger partial charge in [-0.25, -0.2) is 0 Å². The molecule has 0 rings (SSSR count). The van der Waals surface area contributed by atoms with Gasteiger partial charge in [0.1, 0.15) is 0 Å². The number of unbranched alkanes of at least 4 members (excludes halogenated alkanes) is 1. The normalized spacial score (nSPS) is 19.9. The quantitative estimate of drug-likeness (QED) is 0.428. The molecule has 0 bridgehead atoms.